The van der Waals surface area contributed by atoms with E-state index < -0.39 is 0 Å². The minimum absolute atomic E-state index is 0.617. The third-order valence-electron chi connectivity index (χ3n) is 3.38. The summed E-state index contributed by atoms with van der Waals surface area (Å²) in [6, 6.07) is 23.5. The van der Waals surface area contributed by atoms with Crippen LogP contribution in [0.5, 0.6) is 0 Å². The topological polar surface area (TPSA) is 26.0 Å². The summed E-state index contributed by atoms with van der Waals surface area (Å²) >= 11 is 1.79. The third kappa shape index (κ3) is 2.82. The monoisotopic (exact) mass is 279 g/mol. The molecule has 0 bridgehead atoms. The zero-order chi connectivity index (χ0) is 13.8. The highest BCUT2D eigenvalue weighted by Gasteiger charge is 2.07. The molecule has 2 N–H and O–H groups in total. The molecule has 0 amide bonds. The van der Waals surface area contributed by atoms with Crippen LogP contribution >= 0.6 is 11.3 Å². The van der Waals surface area contributed by atoms with Gasteiger partial charge in [0.05, 0.1) is 0 Å². The minimum Gasteiger partial charge on any atom is -0.326 e. The number of nitrogens with two attached hydrogens (primary N) is 1. The normalized spacial score (nSPS) is 10.7. The largest absolute Gasteiger partial charge is 0.326 e. The van der Waals surface area contributed by atoms with Crippen molar-refractivity contribution >= 4 is 11.3 Å². The maximum Gasteiger partial charge on any atom is 0.0349 e. The van der Waals surface area contributed by atoms with E-state index in [1.54, 1.807) is 11.3 Å². The van der Waals surface area contributed by atoms with Crippen molar-refractivity contribution in [3.8, 4) is 10.4 Å². The van der Waals surface area contributed by atoms with Gasteiger partial charge in [-0.2, -0.15) is 0 Å². The number of benzene rings is 2. The second-order valence-corrected chi connectivity index (χ2v) is 5.96. The Morgan fingerprint density at radius 3 is 2.30 bits per heavy atom. The van der Waals surface area contributed by atoms with Gasteiger partial charge in [0.2, 0.25) is 0 Å². The molecule has 0 aliphatic rings. The average Bonchev–Trinajstić information content (AvgIpc) is 2.98. The Balaban J connectivity index is 1.96. The molecule has 20 heavy (non-hydrogen) atoms. The van der Waals surface area contributed by atoms with E-state index in [1.807, 2.05) is 0 Å². The zero-order valence-corrected chi connectivity index (χ0v) is 12.1. The fourth-order valence-corrected chi connectivity index (χ4v) is 3.31. The molecule has 3 rings (SSSR count). The molecule has 2 aromatic carbocycles. The third-order valence-corrected chi connectivity index (χ3v) is 4.52. The van der Waals surface area contributed by atoms with Gasteiger partial charge in [-0.1, -0.05) is 54.6 Å². The van der Waals surface area contributed by atoms with E-state index in [1.165, 1.54) is 26.4 Å². The van der Waals surface area contributed by atoms with Gasteiger partial charge in [-0.15, -0.1) is 11.3 Å². The van der Waals surface area contributed by atoms with Gasteiger partial charge in [0.25, 0.3) is 0 Å². The van der Waals surface area contributed by atoms with Crippen LogP contribution < -0.4 is 5.73 Å². The summed E-state index contributed by atoms with van der Waals surface area (Å²) in [7, 11) is 0. The summed E-state index contributed by atoms with van der Waals surface area (Å²) < 4.78 is 0. The lowest BCUT2D eigenvalue weighted by molar-refractivity contribution is 1.11. The van der Waals surface area contributed by atoms with Crippen molar-refractivity contribution < 1.29 is 0 Å². The predicted octanol–water partition coefficient (Wildman–Crippen LogP) is 4.46. The molecule has 0 spiro atoms. The maximum atomic E-state index is 5.71. The second kappa shape index (κ2) is 6.04. The Morgan fingerprint density at radius 2 is 1.55 bits per heavy atom. The van der Waals surface area contributed by atoms with Gasteiger partial charge >= 0.3 is 0 Å². The number of thiophene rings is 1. The summed E-state index contributed by atoms with van der Waals surface area (Å²) in [5, 5.41) is 0. The van der Waals surface area contributed by atoms with Gasteiger partial charge in [0, 0.05) is 16.3 Å². The van der Waals surface area contributed by atoms with Crippen LogP contribution in [0.1, 0.15) is 16.0 Å². The quantitative estimate of drug-likeness (QED) is 0.749. The Bertz CT molecular complexity index is 685. The summed E-state index contributed by atoms with van der Waals surface area (Å²) in [5.74, 6) is 0. The minimum atomic E-state index is 0.617. The van der Waals surface area contributed by atoms with E-state index in [0.29, 0.717) is 6.54 Å². The first-order chi connectivity index (χ1) is 9.86. The lowest BCUT2D eigenvalue weighted by Crippen LogP contribution is -1.91. The number of hydrogen-bond donors (Lipinski definition) is 1. The SMILES string of the molecule is NCc1ccc(-c2ccccc2Cc2ccccc2)s1. The summed E-state index contributed by atoms with van der Waals surface area (Å²) in [5.41, 5.74) is 9.74. The van der Waals surface area contributed by atoms with Crippen LogP contribution in [-0.4, -0.2) is 0 Å². The fourth-order valence-electron chi connectivity index (χ4n) is 2.36. The van der Waals surface area contributed by atoms with Gasteiger partial charge in [0.15, 0.2) is 0 Å². The first-order valence-electron chi connectivity index (χ1n) is 6.78. The maximum absolute atomic E-state index is 5.71. The molecule has 2 heteroatoms. The Morgan fingerprint density at radius 1 is 0.800 bits per heavy atom. The average molecular weight is 279 g/mol. The number of hydrogen-bond acceptors (Lipinski definition) is 2. The van der Waals surface area contributed by atoms with Crippen molar-refractivity contribution in [1.29, 1.82) is 0 Å². The van der Waals surface area contributed by atoms with Gasteiger partial charge in [-0.3, -0.25) is 0 Å². The lowest BCUT2D eigenvalue weighted by atomic mass is 9.99. The summed E-state index contributed by atoms with van der Waals surface area (Å²) in [6.45, 7) is 0.617. The lowest BCUT2D eigenvalue weighted by Gasteiger charge is -2.08. The van der Waals surface area contributed by atoms with Crippen molar-refractivity contribution in [2.24, 2.45) is 5.73 Å². The molecule has 0 aliphatic heterocycles. The molecule has 100 valence electrons. The van der Waals surface area contributed by atoms with E-state index in [0.717, 1.165) is 6.42 Å². The van der Waals surface area contributed by atoms with Crippen molar-refractivity contribution in [1.82, 2.24) is 0 Å². The van der Waals surface area contributed by atoms with Crippen molar-refractivity contribution in [2.75, 3.05) is 0 Å². The second-order valence-electron chi connectivity index (χ2n) is 4.79. The fraction of sp³-hybridized carbons (Fsp3) is 0.111. The van der Waals surface area contributed by atoms with Crippen LogP contribution in [0.25, 0.3) is 10.4 Å². The van der Waals surface area contributed by atoms with Crippen LogP contribution in [0.4, 0.5) is 0 Å². The van der Waals surface area contributed by atoms with Crippen LogP contribution in [0.15, 0.2) is 66.7 Å². The molecular formula is C18H17NS. The standard InChI is InChI=1S/C18H17NS/c19-13-16-10-11-18(20-16)17-9-5-4-8-15(17)12-14-6-2-1-3-7-14/h1-11H,12-13,19H2. The van der Waals surface area contributed by atoms with E-state index in [-0.39, 0.29) is 0 Å². The van der Waals surface area contributed by atoms with Crippen LogP contribution in [-0.2, 0) is 13.0 Å². The molecule has 3 aromatic rings. The Kier molecular flexibility index (Phi) is 3.95. The van der Waals surface area contributed by atoms with Gasteiger partial charge in [0.1, 0.15) is 0 Å². The molecule has 1 nitrogen and oxygen atoms in total. The molecule has 0 saturated carbocycles. The smallest absolute Gasteiger partial charge is 0.0349 e. The Labute approximate surface area is 123 Å². The van der Waals surface area contributed by atoms with E-state index >= 15 is 0 Å². The van der Waals surface area contributed by atoms with E-state index in [4.69, 9.17) is 5.73 Å². The van der Waals surface area contributed by atoms with Crippen LogP contribution in [0.2, 0.25) is 0 Å². The van der Waals surface area contributed by atoms with Crippen molar-refractivity contribution in [3.05, 3.63) is 82.7 Å². The molecule has 1 aromatic heterocycles. The predicted molar refractivity (Wildman–Crippen MR) is 86.9 cm³/mol. The van der Waals surface area contributed by atoms with Crippen molar-refractivity contribution in [2.45, 2.75) is 13.0 Å². The summed E-state index contributed by atoms with van der Waals surface area (Å²) in [4.78, 5) is 2.53. The molecule has 0 saturated heterocycles. The number of rotatable bonds is 4. The molecule has 1 heterocycles. The Hall–Kier alpha value is -1.90. The van der Waals surface area contributed by atoms with Gasteiger partial charge in [-0.05, 0) is 35.2 Å². The first-order valence-corrected chi connectivity index (χ1v) is 7.59. The van der Waals surface area contributed by atoms with Crippen LogP contribution in [0, 0.1) is 0 Å². The molecule has 0 atom stereocenters. The highest BCUT2D eigenvalue weighted by Crippen LogP contribution is 2.31. The van der Waals surface area contributed by atoms with E-state index in [9.17, 15) is 0 Å². The van der Waals surface area contributed by atoms with Gasteiger partial charge in [-0.25, -0.2) is 0 Å². The van der Waals surface area contributed by atoms with Gasteiger partial charge < -0.3 is 5.73 Å². The molecule has 0 radical (unpaired) electrons. The van der Waals surface area contributed by atoms with Crippen LogP contribution in [0.3, 0.4) is 0 Å². The molecule has 0 unspecified atom stereocenters. The van der Waals surface area contributed by atoms with Crippen molar-refractivity contribution in [3.63, 3.8) is 0 Å². The molecule has 0 aliphatic carbocycles. The zero-order valence-electron chi connectivity index (χ0n) is 11.3. The summed E-state index contributed by atoms with van der Waals surface area (Å²) in [6.07, 6.45) is 0.965. The highest BCUT2D eigenvalue weighted by molar-refractivity contribution is 7.15. The molecular weight excluding hydrogens is 262 g/mol. The van der Waals surface area contributed by atoms with E-state index in [2.05, 4.69) is 66.7 Å². The molecule has 0 fully saturated rings. The first kappa shape index (κ1) is 13.1. The highest BCUT2D eigenvalue weighted by atomic mass is 32.1.